The maximum absolute atomic E-state index is 13.9. The van der Waals surface area contributed by atoms with Crippen molar-refractivity contribution in [3.05, 3.63) is 59.7 Å². The Morgan fingerprint density at radius 1 is 1.20 bits per heavy atom. The number of carboxylic acids is 1. The Labute approximate surface area is 172 Å². The van der Waals surface area contributed by atoms with Crippen LogP contribution in [-0.2, 0) is 4.74 Å². The average Bonchev–Trinajstić information content (AvgIpc) is 2.65. The van der Waals surface area contributed by atoms with E-state index in [0.29, 0.717) is 11.2 Å². The first-order chi connectivity index (χ1) is 14.1. The van der Waals surface area contributed by atoms with Crippen molar-refractivity contribution in [2.75, 3.05) is 0 Å². The topological polar surface area (TPSA) is 101 Å². The summed E-state index contributed by atoms with van der Waals surface area (Å²) in [5, 5.41) is 12.8. The molecule has 1 aromatic carbocycles. The van der Waals surface area contributed by atoms with Crippen LogP contribution in [0, 0.1) is 5.82 Å². The van der Waals surface area contributed by atoms with Crippen LogP contribution in [0.2, 0.25) is 0 Å². The Kier molecular flexibility index (Phi) is 5.69. The molecule has 156 valence electrons. The molecule has 2 heterocycles. The van der Waals surface area contributed by atoms with Gasteiger partial charge >= 0.3 is 12.1 Å². The summed E-state index contributed by atoms with van der Waals surface area (Å²) in [7, 11) is 0. The molecule has 1 atom stereocenters. The molecule has 0 bridgehead atoms. The number of aromatic nitrogens is 2. The number of fused-ring (bicyclic) bond motifs is 1. The molecule has 0 radical (unpaired) electrons. The molecule has 30 heavy (non-hydrogen) atoms. The molecule has 0 unspecified atom stereocenters. The van der Waals surface area contributed by atoms with Crippen LogP contribution in [0.1, 0.15) is 49.8 Å². The van der Waals surface area contributed by atoms with Crippen molar-refractivity contribution in [3.63, 3.8) is 0 Å². The number of aromatic carboxylic acids is 1. The Hall–Kier alpha value is -3.55. The number of halogens is 1. The second kappa shape index (κ2) is 8.06. The van der Waals surface area contributed by atoms with E-state index in [1.165, 1.54) is 18.3 Å². The highest BCUT2D eigenvalue weighted by atomic mass is 19.1. The predicted octanol–water partition coefficient (Wildman–Crippen LogP) is 4.72. The zero-order valence-electron chi connectivity index (χ0n) is 17.1. The zero-order chi connectivity index (χ0) is 22.1. The quantitative estimate of drug-likeness (QED) is 0.644. The van der Waals surface area contributed by atoms with Gasteiger partial charge in [-0.1, -0.05) is 6.07 Å². The van der Waals surface area contributed by atoms with Gasteiger partial charge in [-0.25, -0.2) is 19.0 Å². The molecule has 3 rings (SSSR count). The van der Waals surface area contributed by atoms with Crippen molar-refractivity contribution in [1.29, 1.82) is 0 Å². The number of rotatable bonds is 4. The van der Waals surface area contributed by atoms with Crippen LogP contribution in [0.3, 0.4) is 0 Å². The molecule has 1 amide bonds. The van der Waals surface area contributed by atoms with Gasteiger partial charge in [0.25, 0.3) is 0 Å². The summed E-state index contributed by atoms with van der Waals surface area (Å²) in [4.78, 5) is 33.3. The van der Waals surface area contributed by atoms with Crippen LogP contribution in [0.25, 0.3) is 22.2 Å². The molecule has 2 N–H and O–H groups in total. The first-order valence-corrected chi connectivity index (χ1v) is 9.34. The van der Waals surface area contributed by atoms with Gasteiger partial charge in [-0.15, -0.1) is 0 Å². The van der Waals surface area contributed by atoms with E-state index in [-0.39, 0.29) is 22.2 Å². The van der Waals surface area contributed by atoms with Crippen molar-refractivity contribution in [2.24, 2.45) is 0 Å². The van der Waals surface area contributed by atoms with Gasteiger partial charge in [0.05, 0.1) is 28.5 Å². The number of carboxylic acid groups (broad SMARTS) is 1. The van der Waals surface area contributed by atoms with E-state index in [1.54, 1.807) is 45.9 Å². The number of pyridine rings is 2. The van der Waals surface area contributed by atoms with E-state index in [2.05, 4.69) is 15.3 Å². The van der Waals surface area contributed by atoms with Crippen LogP contribution in [0.15, 0.2) is 42.6 Å². The molecular weight excluding hydrogens is 389 g/mol. The van der Waals surface area contributed by atoms with E-state index >= 15 is 0 Å². The first kappa shape index (κ1) is 21.2. The van der Waals surface area contributed by atoms with E-state index in [9.17, 15) is 19.1 Å². The van der Waals surface area contributed by atoms with Crippen LogP contribution < -0.4 is 5.32 Å². The maximum atomic E-state index is 13.9. The van der Waals surface area contributed by atoms with Crippen molar-refractivity contribution < 1.29 is 23.8 Å². The number of carbonyl (C=O) groups is 2. The van der Waals surface area contributed by atoms with Crippen molar-refractivity contribution in [2.45, 2.75) is 39.3 Å². The minimum Gasteiger partial charge on any atom is -0.478 e. The van der Waals surface area contributed by atoms with Crippen LogP contribution >= 0.6 is 0 Å². The summed E-state index contributed by atoms with van der Waals surface area (Å²) < 4.78 is 19.2. The summed E-state index contributed by atoms with van der Waals surface area (Å²) in [5.74, 6) is -1.83. The summed E-state index contributed by atoms with van der Waals surface area (Å²) in [6.45, 7) is 6.88. The summed E-state index contributed by atoms with van der Waals surface area (Å²) in [6.07, 6.45) is 0.854. The zero-order valence-corrected chi connectivity index (χ0v) is 17.1. The standard InChI is InChI=1S/C22H22FN3O4/c1-12(25-21(29)30-22(2,3)4)19-18(16-7-5-6-10-24-16)17(20(27)28)14-11-13(23)8-9-15(14)26-19/h5-12H,1-4H3,(H,25,29)(H,27,28)/t12-/m0/s1. The molecule has 0 fully saturated rings. The molecule has 2 aromatic heterocycles. The van der Waals surface area contributed by atoms with Crippen molar-refractivity contribution in [1.82, 2.24) is 15.3 Å². The molecule has 0 aliphatic rings. The average molecular weight is 411 g/mol. The lowest BCUT2D eigenvalue weighted by atomic mass is 9.94. The largest absolute Gasteiger partial charge is 0.478 e. The number of benzene rings is 1. The molecule has 0 aliphatic heterocycles. The van der Waals surface area contributed by atoms with Gasteiger partial charge in [0.2, 0.25) is 0 Å². The summed E-state index contributed by atoms with van der Waals surface area (Å²) in [6, 6.07) is 8.08. The molecule has 0 saturated carbocycles. The second-order valence-corrected chi connectivity index (χ2v) is 7.80. The molecule has 8 heteroatoms. The second-order valence-electron chi connectivity index (χ2n) is 7.80. The van der Waals surface area contributed by atoms with Gasteiger partial charge in [-0.3, -0.25) is 4.98 Å². The predicted molar refractivity (Wildman–Crippen MR) is 110 cm³/mol. The third kappa shape index (κ3) is 4.53. The van der Waals surface area contributed by atoms with Crippen molar-refractivity contribution >= 4 is 23.0 Å². The fourth-order valence-electron chi connectivity index (χ4n) is 3.11. The van der Waals surface area contributed by atoms with Gasteiger partial charge in [-0.05, 0) is 58.0 Å². The highest BCUT2D eigenvalue weighted by Crippen LogP contribution is 2.34. The number of amides is 1. The van der Waals surface area contributed by atoms with Crippen LogP contribution in [0.4, 0.5) is 9.18 Å². The molecular formula is C22H22FN3O4. The number of hydrogen-bond acceptors (Lipinski definition) is 5. The molecule has 0 saturated heterocycles. The monoisotopic (exact) mass is 411 g/mol. The fourth-order valence-corrected chi connectivity index (χ4v) is 3.11. The Morgan fingerprint density at radius 2 is 1.93 bits per heavy atom. The smallest absolute Gasteiger partial charge is 0.408 e. The summed E-state index contributed by atoms with van der Waals surface area (Å²) >= 11 is 0. The molecule has 3 aromatic rings. The van der Waals surface area contributed by atoms with E-state index in [0.717, 1.165) is 6.07 Å². The van der Waals surface area contributed by atoms with Gasteiger partial charge in [0.15, 0.2) is 0 Å². The fraction of sp³-hybridized carbons (Fsp3) is 0.273. The summed E-state index contributed by atoms with van der Waals surface area (Å²) in [5.41, 5.74) is 0.309. The third-order valence-electron chi connectivity index (χ3n) is 4.25. The maximum Gasteiger partial charge on any atom is 0.408 e. The first-order valence-electron chi connectivity index (χ1n) is 9.34. The lowest BCUT2D eigenvalue weighted by Gasteiger charge is -2.23. The number of ether oxygens (including phenoxy) is 1. The number of carbonyl (C=O) groups excluding carboxylic acids is 1. The highest BCUT2D eigenvalue weighted by molar-refractivity contribution is 6.08. The number of nitrogens with one attached hydrogen (secondary N) is 1. The Balaban J connectivity index is 2.23. The van der Waals surface area contributed by atoms with E-state index in [4.69, 9.17) is 4.74 Å². The van der Waals surface area contributed by atoms with Crippen LogP contribution in [0.5, 0.6) is 0 Å². The normalized spacial score (nSPS) is 12.4. The lowest BCUT2D eigenvalue weighted by Crippen LogP contribution is -2.34. The van der Waals surface area contributed by atoms with E-state index < -0.39 is 29.5 Å². The molecule has 7 nitrogen and oxygen atoms in total. The van der Waals surface area contributed by atoms with Gasteiger partial charge in [0, 0.05) is 17.1 Å². The van der Waals surface area contributed by atoms with Gasteiger partial charge in [-0.2, -0.15) is 0 Å². The Morgan fingerprint density at radius 3 is 2.53 bits per heavy atom. The highest BCUT2D eigenvalue weighted by Gasteiger charge is 2.27. The Bertz CT molecular complexity index is 1110. The number of hydrogen-bond donors (Lipinski definition) is 2. The lowest BCUT2D eigenvalue weighted by molar-refractivity contribution is 0.0507. The molecule has 0 spiro atoms. The van der Waals surface area contributed by atoms with Gasteiger partial charge < -0.3 is 15.2 Å². The van der Waals surface area contributed by atoms with Crippen LogP contribution in [-0.4, -0.2) is 32.7 Å². The molecule has 0 aliphatic carbocycles. The third-order valence-corrected chi connectivity index (χ3v) is 4.25. The van der Waals surface area contributed by atoms with Gasteiger partial charge in [0.1, 0.15) is 11.4 Å². The van der Waals surface area contributed by atoms with Crippen molar-refractivity contribution in [3.8, 4) is 11.3 Å². The minimum atomic E-state index is -1.25. The minimum absolute atomic E-state index is 0.133. The number of nitrogens with zero attached hydrogens (tertiary/aromatic N) is 2. The number of alkyl carbamates (subject to hydrolysis) is 1. The SMILES string of the molecule is C[C@H](NC(=O)OC(C)(C)C)c1nc2ccc(F)cc2c(C(=O)O)c1-c1ccccn1. The van der Waals surface area contributed by atoms with E-state index in [1.807, 2.05) is 0 Å².